The van der Waals surface area contributed by atoms with Gasteiger partial charge in [0.05, 0.1) is 0 Å². The van der Waals surface area contributed by atoms with E-state index in [9.17, 15) is 0 Å². The molecular weight excluding hydrogens is 232 g/mol. The molecule has 106 valence electrons. The van der Waals surface area contributed by atoms with Gasteiger partial charge in [-0.1, -0.05) is 29.3 Å². The molecule has 0 aromatic heterocycles. The van der Waals surface area contributed by atoms with E-state index in [4.69, 9.17) is 0 Å². The van der Waals surface area contributed by atoms with E-state index in [0.29, 0.717) is 18.1 Å². The average molecular weight is 260 g/mol. The maximum absolute atomic E-state index is 3.81. The van der Waals surface area contributed by atoms with Crippen LogP contribution in [0.15, 0.2) is 18.2 Å². The minimum atomic E-state index is 0.444. The summed E-state index contributed by atoms with van der Waals surface area (Å²) >= 11 is 0. The average Bonchev–Trinajstić information content (AvgIpc) is 2.32. The smallest absolute Gasteiger partial charge is 0.0294 e. The van der Waals surface area contributed by atoms with Gasteiger partial charge in [-0.15, -0.1) is 0 Å². The normalized spacial score (nSPS) is 26.4. The van der Waals surface area contributed by atoms with E-state index in [-0.39, 0.29) is 0 Å². The Morgan fingerprint density at radius 1 is 1.21 bits per heavy atom. The summed E-state index contributed by atoms with van der Waals surface area (Å²) in [6, 6.07) is 8.65. The van der Waals surface area contributed by atoms with E-state index in [2.05, 4.69) is 63.2 Å². The third-order valence-corrected chi connectivity index (χ3v) is 4.44. The largest absolute Gasteiger partial charge is 0.307 e. The molecule has 0 radical (unpaired) electrons. The maximum Gasteiger partial charge on any atom is 0.0294 e. The molecule has 1 aliphatic rings. The van der Waals surface area contributed by atoms with E-state index in [1.165, 1.54) is 36.1 Å². The first-order chi connectivity index (χ1) is 8.95. The molecule has 19 heavy (non-hydrogen) atoms. The van der Waals surface area contributed by atoms with Gasteiger partial charge in [0, 0.05) is 18.1 Å². The van der Waals surface area contributed by atoms with Crippen LogP contribution in [0.3, 0.4) is 0 Å². The molecule has 2 heteroatoms. The molecule has 1 N–H and O–H groups in total. The van der Waals surface area contributed by atoms with Crippen LogP contribution >= 0.6 is 0 Å². The van der Waals surface area contributed by atoms with Gasteiger partial charge in [0.15, 0.2) is 0 Å². The zero-order valence-electron chi connectivity index (χ0n) is 13.0. The molecule has 0 spiro atoms. The van der Waals surface area contributed by atoms with Gasteiger partial charge in [-0.3, -0.25) is 0 Å². The van der Waals surface area contributed by atoms with Gasteiger partial charge in [0.1, 0.15) is 0 Å². The fourth-order valence-corrected chi connectivity index (χ4v) is 3.15. The zero-order chi connectivity index (χ0) is 14.0. The topological polar surface area (TPSA) is 15.3 Å². The van der Waals surface area contributed by atoms with Gasteiger partial charge in [-0.05, 0) is 59.7 Å². The van der Waals surface area contributed by atoms with Crippen molar-refractivity contribution in [2.45, 2.75) is 58.7 Å². The summed E-state index contributed by atoms with van der Waals surface area (Å²) in [5, 5.41) is 3.81. The summed E-state index contributed by atoms with van der Waals surface area (Å²) in [6.07, 6.45) is 2.52. The number of nitrogens with one attached hydrogen (secondary N) is 1. The minimum absolute atomic E-state index is 0.444. The lowest BCUT2D eigenvalue weighted by atomic mass is 9.96. The van der Waals surface area contributed by atoms with Crippen LogP contribution in [-0.4, -0.2) is 30.6 Å². The van der Waals surface area contributed by atoms with E-state index in [1.807, 2.05) is 0 Å². The molecule has 2 nitrogen and oxygen atoms in total. The van der Waals surface area contributed by atoms with E-state index >= 15 is 0 Å². The van der Waals surface area contributed by atoms with Crippen LogP contribution in [0.5, 0.6) is 0 Å². The molecule has 0 bridgehead atoms. The number of likely N-dealkylation sites (tertiary alicyclic amines) is 1. The van der Waals surface area contributed by atoms with Crippen molar-refractivity contribution in [1.82, 2.24) is 10.2 Å². The second kappa shape index (κ2) is 6.06. The fourth-order valence-electron chi connectivity index (χ4n) is 3.15. The third-order valence-electron chi connectivity index (χ3n) is 4.44. The molecule has 0 aliphatic carbocycles. The molecular formula is C17H28N2. The minimum Gasteiger partial charge on any atom is -0.307 e. The Kier molecular flexibility index (Phi) is 4.64. The van der Waals surface area contributed by atoms with Crippen molar-refractivity contribution in [2.75, 3.05) is 13.6 Å². The Morgan fingerprint density at radius 3 is 2.42 bits per heavy atom. The Labute approximate surface area is 118 Å². The number of aryl methyl sites for hydroxylation is 2. The molecule has 3 atom stereocenters. The highest BCUT2D eigenvalue weighted by Crippen LogP contribution is 2.21. The first-order valence-corrected chi connectivity index (χ1v) is 7.50. The lowest BCUT2D eigenvalue weighted by Gasteiger charge is -2.36. The van der Waals surface area contributed by atoms with Crippen LogP contribution in [-0.2, 0) is 0 Å². The third kappa shape index (κ3) is 3.80. The Balaban J connectivity index is 1.99. The highest BCUT2D eigenvalue weighted by Gasteiger charge is 2.23. The number of benzene rings is 1. The van der Waals surface area contributed by atoms with Crippen molar-refractivity contribution in [1.29, 1.82) is 0 Å². The molecule has 0 saturated carbocycles. The first-order valence-electron chi connectivity index (χ1n) is 7.50. The second-order valence-corrected chi connectivity index (χ2v) is 6.36. The van der Waals surface area contributed by atoms with Crippen LogP contribution in [0.1, 0.15) is 49.4 Å². The molecule has 2 rings (SSSR count). The van der Waals surface area contributed by atoms with Crippen molar-refractivity contribution < 1.29 is 0 Å². The molecule has 1 saturated heterocycles. The second-order valence-electron chi connectivity index (χ2n) is 6.36. The van der Waals surface area contributed by atoms with Gasteiger partial charge in [-0.2, -0.15) is 0 Å². The van der Waals surface area contributed by atoms with E-state index < -0.39 is 0 Å². The number of hydrogen-bond acceptors (Lipinski definition) is 2. The SMILES string of the molecule is Cc1cc(C)cc(C(C)NC2CCN(C)C(C)C2)c1. The molecule has 0 amide bonds. The number of piperidine rings is 1. The fraction of sp³-hybridized carbons (Fsp3) is 0.647. The standard InChI is InChI=1S/C17H28N2/c1-12-8-13(2)10-16(9-12)15(4)18-17-6-7-19(5)14(3)11-17/h8-10,14-15,17-18H,6-7,11H2,1-5H3. The summed E-state index contributed by atoms with van der Waals surface area (Å²) in [5.41, 5.74) is 4.14. The van der Waals surface area contributed by atoms with Gasteiger partial charge in [0.25, 0.3) is 0 Å². The predicted octanol–water partition coefficient (Wildman–Crippen LogP) is 3.44. The Morgan fingerprint density at radius 2 is 1.84 bits per heavy atom. The molecule has 1 aromatic carbocycles. The number of hydrogen-bond donors (Lipinski definition) is 1. The van der Waals surface area contributed by atoms with Crippen molar-refractivity contribution in [3.63, 3.8) is 0 Å². The van der Waals surface area contributed by atoms with Crippen molar-refractivity contribution in [2.24, 2.45) is 0 Å². The summed E-state index contributed by atoms with van der Waals surface area (Å²) < 4.78 is 0. The quantitative estimate of drug-likeness (QED) is 0.895. The highest BCUT2D eigenvalue weighted by molar-refractivity contribution is 5.30. The predicted molar refractivity (Wildman–Crippen MR) is 82.6 cm³/mol. The molecule has 1 heterocycles. The monoisotopic (exact) mass is 260 g/mol. The molecule has 3 unspecified atom stereocenters. The van der Waals surface area contributed by atoms with Crippen molar-refractivity contribution in [3.05, 3.63) is 34.9 Å². The summed E-state index contributed by atoms with van der Waals surface area (Å²) in [7, 11) is 2.23. The van der Waals surface area contributed by atoms with Gasteiger partial charge in [0.2, 0.25) is 0 Å². The lowest BCUT2D eigenvalue weighted by Crippen LogP contribution is -2.46. The van der Waals surface area contributed by atoms with Crippen molar-refractivity contribution in [3.8, 4) is 0 Å². The van der Waals surface area contributed by atoms with Crippen LogP contribution in [0, 0.1) is 13.8 Å². The summed E-state index contributed by atoms with van der Waals surface area (Å²) in [5.74, 6) is 0. The molecule has 1 aromatic rings. The zero-order valence-corrected chi connectivity index (χ0v) is 13.0. The number of rotatable bonds is 3. The van der Waals surface area contributed by atoms with Crippen LogP contribution < -0.4 is 5.32 Å². The summed E-state index contributed by atoms with van der Waals surface area (Å²) in [4.78, 5) is 2.46. The van der Waals surface area contributed by atoms with Gasteiger partial charge < -0.3 is 10.2 Å². The van der Waals surface area contributed by atoms with Gasteiger partial charge in [-0.25, -0.2) is 0 Å². The molecule has 1 aliphatic heterocycles. The number of nitrogens with zero attached hydrogens (tertiary/aromatic N) is 1. The lowest BCUT2D eigenvalue weighted by molar-refractivity contribution is 0.163. The van der Waals surface area contributed by atoms with Crippen LogP contribution in [0.4, 0.5) is 0 Å². The Bertz CT molecular complexity index is 407. The maximum atomic E-state index is 3.81. The molecule has 1 fully saturated rings. The highest BCUT2D eigenvalue weighted by atomic mass is 15.1. The first kappa shape index (κ1) is 14.5. The van der Waals surface area contributed by atoms with E-state index in [1.54, 1.807) is 0 Å². The summed E-state index contributed by atoms with van der Waals surface area (Å²) in [6.45, 7) is 10.2. The van der Waals surface area contributed by atoms with Crippen LogP contribution in [0.25, 0.3) is 0 Å². The van der Waals surface area contributed by atoms with Crippen molar-refractivity contribution >= 4 is 0 Å². The van der Waals surface area contributed by atoms with Crippen LogP contribution in [0.2, 0.25) is 0 Å². The van der Waals surface area contributed by atoms with Gasteiger partial charge >= 0.3 is 0 Å². The Hall–Kier alpha value is -0.860. The van der Waals surface area contributed by atoms with E-state index in [0.717, 1.165) is 0 Å².